The zero-order valence-electron chi connectivity index (χ0n) is 20.1. The van der Waals surface area contributed by atoms with Gasteiger partial charge in [0.1, 0.15) is 5.75 Å². The molecule has 194 valence electrons. The summed E-state index contributed by atoms with van der Waals surface area (Å²) in [6.07, 6.45) is 0.710. The first-order valence-corrected chi connectivity index (χ1v) is 12.6. The topological polar surface area (TPSA) is 150 Å². The lowest BCUT2D eigenvalue weighted by atomic mass is 10.1. The highest BCUT2D eigenvalue weighted by Crippen LogP contribution is 2.14. The number of ether oxygens (including phenoxy) is 3. The number of aromatic nitrogens is 1. The summed E-state index contributed by atoms with van der Waals surface area (Å²) in [5.41, 5.74) is 1.21. The fourth-order valence-corrected chi connectivity index (χ4v) is 4.02. The van der Waals surface area contributed by atoms with Crippen molar-refractivity contribution < 1.29 is 37.0 Å². The summed E-state index contributed by atoms with van der Waals surface area (Å²) in [6.45, 7) is 2.11. The predicted octanol–water partition coefficient (Wildman–Crippen LogP) is 2.72. The minimum Gasteiger partial charge on any atom is -0.497 e. The summed E-state index contributed by atoms with van der Waals surface area (Å²) in [6, 6.07) is 15.1. The fraction of sp³-hybridized carbons (Fsp3) is 0.200. The van der Waals surface area contributed by atoms with Gasteiger partial charge in [0, 0.05) is 24.4 Å². The molecule has 2 aromatic carbocycles. The van der Waals surface area contributed by atoms with E-state index in [0.29, 0.717) is 13.0 Å². The van der Waals surface area contributed by atoms with Crippen molar-refractivity contribution in [2.45, 2.75) is 18.2 Å². The normalized spacial score (nSPS) is 10.8. The number of carbonyl (C=O) groups excluding carboxylic acids is 3. The third kappa shape index (κ3) is 7.77. The van der Waals surface area contributed by atoms with Gasteiger partial charge in [0.2, 0.25) is 5.88 Å². The zero-order chi connectivity index (χ0) is 26.8. The van der Waals surface area contributed by atoms with Crippen molar-refractivity contribution in [1.82, 2.24) is 15.0 Å². The van der Waals surface area contributed by atoms with Crippen LogP contribution in [0.4, 0.5) is 4.79 Å². The highest BCUT2D eigenvalue weighted by Gasteiger charge is 2.20. The Kier molecular flexibility index (Phi) is 9.16. The average Bonchev–Trinajstić information content (AvgIpc) is 2.89. The Morgan fingerprint density at radius 1 is 0.892 bits per heavy atom. The van der Waals surface area contributed by atoms with Gasteiger partial charge in [-0.3, -0.25) is 9.59 Å². The molecule has 0 aliphatic heterocycles. The average molecular weight is 528 g/mol. The third-order valence-corrected chi connectivity index (χ3v) is 6.31. The highest BCUT2D eigenvalue weighted by molar-refractivity contribution is 7.90. The van der Waals surface area contributed by atoms with E-state index in [9.17, 15) is 22.8 Å². The van der Waals surface area contributed by atoms with Crippen LogP contribution in [-0.4, -0.2) is 51.6 Å². The lowest BCUT2D eigenvalue weighted by molar-refractivity contribution is 0.0950. The van der Waals surface area contributed by atoms with Crippen molar-refractivity contribution >= 4 is 28.0 Å². The van der Waals surface area contributed by atoms with E-state index in [1.54, 1.807) is 14.0 Å². The molecule has 0 bridgehead atoms. The van der Waals surface area contributed by atoms with Crippen LogP contribution in [-0.2, 0) is 21.2 Å². The number of pyridine rings is 1. The number of benzene rings is 2. The number of sulfonamides is 1. The molecule has 11 nitrogen and oxygen atoms in total. The number of nitrogens with zero attached hydrogens (tertiary/aromatic N) is 1. The minimum absolute atomic E-state index is 0.0763. The quantitative estimate of drug-likeness (QED) is 0.379. The van der Waals surface area contributed by atoms with Crippen LogP contribution in [0.25, 0.3) is 0 Å². The Labute approximate surface area is 213 Å². The Morgan fingerprint density at radius 2 is 1.57 bits per heavy atom. The van der Waals surface area contributed by atoms with E-state index in [1.165, 1.54) is 36.4 Å². The number of hydrogen-bond donors (Lipinski definition) is 2. The largest absolute Gasteiger partial charge is 0.515 e. The molecule has 0 saturated heterocycles. The van der Waals surface area contributed by atoms with Gasteiger partial charge in [-0.05, 0) is 61.4 Å². The van der Waals surface area contributed by atoms with Crippen molar-refractivity contribution in [2.75, 3.05) is 20.3 Å². The van der Waals surface area contributed by atoms with E-state index in [2.05, 4.69) is 15.0 Å². The van der Waals surface area contributed by atoms with Gasteiger partial charge in [-0.1, -0.05) is 12.1 Å². The van der Waals surface area contributed by atoms with Crippen LogP contribution in [0.2, 0.25) is 0 Å². The second kappa shape index (κ2) is 12.5. The van der Waals surface area contributed by atoms with Crippen molar-refractivity contribution in [3.05, 3.63) is 83.6 Å². The molecule has 2 amide bonds. The van der Waals surface area contributed by atoms with Gasteiger partial charge in [-0.2, -0.15) is 0 Å². The molecule has 0 aliphatic carbocycles. The molecule has 0 aliphatic rings. The molecule has 12 heteroatoms. The van der Waals surface area contributed by atoms with Gasteiger partial charge in [0.05, 0.1) is 24.2 Å². The number of amides is 2. The number of nitrogens with one attached hydrogen (secondary N) is 2. The summed E-state index contributed by atoms with van der Waals surface area (Å²) >= 11 is 0. The Hall–Kier alpha value is -4.45. The summed E-state index contributed by atoms with van der Waals surface area (Å²) in [7, 11) is -2.63. The predicted molar refractivity (Wildman–Crippen MR) is 132 cm³/mol. The highest BCUT2D eigenvalue weighted by atomic mass is 32.2. The molecule has 3 aromatic rings. The smallest absolute Gasteiger partial charge is 0.497 e. The lowest BCUT2D eigenvalue weighted by Crippen LogP contribution is -2.31. The Morgan fingerprint density at radius 3 is 2.16 bits per heavy atom. The van der Waals surface area contributed by atoms with Gasteiger partial charge >= 0.3 is 6.16 Å². The molecule has 2 N–H and O–H groups in total. The number of hydrogen-bond acceptors (Lipinski definition) is 9. The third-order valence-electron chi connectivity index (χ3n) is 4.96. The maximum atomic E-state index is 12.6. The first-order valence-electron chi connectivity index (χ1n) is 11.1. The maximum absolute atomic E-state index is 12.6. The van der Waals surface area contributed by atoms with E-state index in [-0.39, 0.29) is 34.4 Å². The van der Waals surface area contributed by atoms with Crippen LogP contribution in [0.3, 0.4) is 0 Å². The van der Waals surface area contributed by atoms with Crippen LogP contribution < -0.4 is 19.5 Å². The van der Waals surface area contributed by atoms with Gasteiger partial charge in [0.15, 0.2) is 0 Å². The molecular weight excluding hydrogens is 502 g/mol. The van der Waals surface area contributed by atoms with E-state index in [4.69, 9.17) is 9.47 Å². The van der Waals surface area contributed by atoms with Crippen molar-refractivity contribution in [3.8, 4) is 11.6 Å². The number of carbonyl (C=O) groups is 3. The van der Waals surface area contributed by atoms with Crippen molar-refractivity contribution in [3.63, 3.8) is 0 Å². The minimum atomic E-state index is -4.22. The number of rotatable bonds is 10. The summed E-state index contributed by atoms with van der Waals surface area (Å²) in [5, 5.41) is 2.78. The van der Waals surface area contributed by atoms with Crippen LogP contribution in [0.1, 0.15) is 33.2 Å². The Bertz CT molecular complexity index is 1340. The molecule has 0 unspecified atom stereocenters. The van der Waals surface area contributed by atoms with E-state index in [1.807, 2.05) is 29.0 Å². The number of methoxy groups -OCH3 is 1. The van der Waals surface area contributed by atoms with Gasteiger partial charge in [-0.15, -0.1) is 0 Å². The van der Waals surface area contributed by atoms with E-state index < -0.39 is 22.1 Å². The maximum Gasteiger partial charge on any atom is 0.515 e. The molecule has 0 radical (unpaired) electrons. The SMILES string of the molecule is CCOC(=O)Oc1ccc(C(=O)NS(=O)(=O)c2ccc(C(=O)NCCc3ccc(OC)cc3)cc2)cn1. The molecular formula is C25H25N3O8S. The molecule has 1 aromatic heterocycles. The summed E-state index contributed by atoms with van der Waals surface area (Å²) < 4.78 is 41.7. The van der Waals surface area contributed by atoms with E-state index >= 15 is 0 Å². The molecule has 0 saturated carbocycles. The second-order valence-corrected chi connectivity index (χ2v) is 9.17. The Balaban J connectivity index is 1.54. The first-order chi connectivity index (χ1) is 17.7. The summed E-state index contributed by atoms with van der Waals surface area (Å²) in [4.78, 5) is 39.7. The van der Waals surface area contributed by atoms with Gasteiger partial charge < -0.3 is 19.5 Å². The van der Waals surface area contributed by atoms with E-state index in [0.717, 1.165) is 17.5 Å². The molecule has 0 fully saturated rings. The molecule has 0 atom stereocenters. The standard InChI is InChI=1S/C25H25N3O8S/c1-3-35-25(31)36-22-13-8-19(16-27-22)24(30)28-37(32,33)21-11-6-18(7-12-21)23(29)26-15-14-17-4-9-20(34-2)10-5-17/h4-13,16H,3,14-15H2,1-2H3,(H,26,29)(H,28,30). The summed E-state index contributed by atoms with van der Waals surface area (Å²) in [5.74, 6) is -0.668. The molecule has 1 heterocycles. The van der Waals surface area contributed by atoms with Crippen LogP contribution in [0.15, 0.2) is 71.8 Å². The molecule has 37 heavy (non-hydrogen) atoms. The molecule has 3 rings (SSSR count). The monoisotopic (exact) mass is 527 g/mol. The van der Waals surface area contributed by atoms with Gasteiger partial charge in [0.25, 0.3) is 21.8 Å². The van der Waals surface area contributed by atoms with Crippen molar-refractivity contribution in [1.29, 1.82) is 0 Å². The zero-order valence-corrected chi connectivity index (χ0v) is 20.9. The molecule has 0 spiro atoms. The van der Waals surface area contributed by atoms with Crippen LogP contribution in [0.5, 0.6) is 11.6 Å². The lowest BCUT2D eigenvalue weighted by Gasteiger charge is -2.09. The second-order valence-electron chi connectivity index (χ2n) is 7.48. The van der Waals surface area contributed by atoms with Gasteiger partial charge in [-0.25, -0.2) is 22.9 Å². The first kappa shape index (κ1) is 27.1. The van der Waals surface area contributed by atoms with Crippen molar-refractivity contribution in [2.24, 2.45) is 0 Å². The van der Waals surface area contributed by atoms with Crippen LogP contribution >= 0.6 is 0 Å². The van der Waals surface area contributed by atoms with Crippen LogP contribution in [0, 0.1) is 0 Å². The fourth-order valence-electron chi connectivity index (χ4n) is 3.05.